The Morgan fingerprint density at radius 1 is 0.828 bits per heavy atom. The van der Waals surface area contributed by atoms with Crippen LogP contribution < -0.4 is 5.56 Å². The Kier molecular flexibility index (Phi) is 4.96. The minimum atomic E-state index is -0.275. The first-order chi connectivity index (χ1) is 14.1. The smallest absolute Gasteiger partial charge is 0.275 e. The van der Waals surface area contributed by atoms with E-state index in [0.29, 0.717) is 10.8 Å². The van der Waals surface area contributed by atoms with Gasteiger partial charge in [-0.05, 0) is 17.2 Å². The molecule has 0 saturated carbocycles. The number of fused-ring (bicyclic) bond motifs is 1. The summed E-state index contributed by atoms with van der Waals surface area (Å²) < 4.78 is 1.23. The van der Waals surface area contributed by atoms with Crippen LogP contribution in [0.5, 0.6) is 0 Å². The van der Waals surface area contributed by atoms with Crippen LogP contribution in [0.4, 0.5) is 0 Å². The van der Waals surface area contributed by atoms with Crippen LogP contribution in [-0.4, -0.2) is 27.6 Å². The SMILES string of the molecule is CN(C(=O)c1nn(C)c(=O)c2ccccc12)C(c1ccccc1)c1ccccc1. The maximum Gasteiger partial charge on any atom is 0.275 e. The molecule has 0 aliphatic rings. The van der Waals surface area contributed by atoms with E-state index in [9.17, 15) is 9.59 Å². The van der Waals surface area contributed by atoms with Gasteiger partial charge in [0.1, 0.15) is 0 Å². The van der Waals surface area contributed by atoms with Gasteiger partial charge in [-0.25, -0.2) is 4.68 Å². The lowest BCUT2D eigenvalue weighted by molar-refractivity contribution is 0.0749. The van der Waals surface area contributed by atoms with Gasteiger partial charge >= 0.3 is 0 Å². The van der Waals surface area contributed by atoms with E-state index in [-0.39, 0.29) is 23.2 Å². The van der Waals surface area contributed by atoms with Gasteiger partial charge in [-0.2, -0.15) is 5.10 Å². The summed E-state index contributed by atoms with van der Waals surface area (Å²) in [6.45, 7) is 0. The molecule has 0 fully saturated rings. The zero-order valence-electron chi connectivity index (χ0n) is 16.3. The van der Waals surface area contributed by atoms with Crippen LogP contribution in [0.15, 0.2) is 89.7 Å². The summed E-state index contributed by atoms with van der Waals surface area (Å²) in [6.07, 6.45) is 0. The minimum Gasteiger partial charge on any atom is -0.329 e. The Labute approximate surface area is 168 Å². The molecular formula is C24H21N3O2. The van der Waals surface area contributed by atoms with Crippen molar-refractivity contribution in [2.24, 2.45) is 7.05 Å². The summed E-state index contributed by atoms with van der Waals surface area (Å²) >= 11 is 0. The van der Waals surface area contributed by atoms with E-state index in [1.54, 1.807) is 37.2 Å². The van der Waals surface area contributed by atoms with E-state index in [0.717, 1.165) is 11.1 Å². The van der Waals surface area contributed by atoms with Gasteiger partial charge in [-0.1, -0.05) is 78.9 Å². The predicted octanol–water partition coefficient (Wildman–Crippen LogP) is 3.80. The molecule has 0 saturated heterocycles. The van der Waals surface area contributed by atoms with Crippen molar-refractivity contribution in [1.29, 1.82) is 0 Å². The summed E-state index contributed by atoms with van der Waals surface area (Å²) in [7, 11) is 3.34. The fraction of sp³-hybridized carbons (Fsp3) is 0.125. The van der Waals surface area contributed by atoms with Gasteiger partial charge in [0, 0.05) is 19.5 Å². The Hall–Kier alpha value is -3.73. The number of nitrogens with zero attached hydrogens (tertiary/aromatic N) is 3. The Morgan fingerprint density at radius 3 is 1.86 bits per heavy atom. The van der Waals surface area contributed by atoms with Crippen molar-refractivity contribution in [2.45, 2.75) is 6.04 Å². The quantitative estimate of drug-likeness (QED) is 0.539. The Balaban J connectivity index is 1.85. The minimum absolute atomic E-state index is 0.220. The van der Waals surface area contributed by atoms with E-state index in [1.807, 2.05) is 66.7 Å². The molecular weight excluding hydrogens is 362 g/mol. The molecule has 0 bridgehead atoms. The Bertz CT molecular complexity index is 1180. The van der Waals surface area contributed by atoms with E-state index in [1.165, 1.54) is 4.68 Å². The second-order valence-electron chi connectivity index (χ2n) is 6.96. The zero-order chi connectivity index (χ0) is 20.4. The van der Waals surface area contributed by atoms with E-state index < -0.39 is 0 Å². The van der Waals surface area contributed by atoms with Crippen molar-refractivity contribution in [3.63, 3.8) is 0 Å². The molecule has 0 aliphatic carbocycles. The first-order valence-electron chi connectivity index (χ1n) is 9.41. The third-order valence-electron chi connectivity index (χ3n) is 5.10. The van der Waals surface area contributed by atoms with Crippen molar-refractivity contribution in [1.82, 2.24) is 14.7 Å². The van der Waals surface area contributed by atoms with Gasteiger partial charge in [0.25, 0.3) is 11.5 Å². The van der Waals surface area contributed by atoms with Crippen LogP contribution in [-0.2, 0) is 7.05 Å². The van der Waals surface area contributed by atoms with Crippen LogP contribution in [0.3, 0.4) is 0 Å². The van der Waals surface area contributed by atoms with Gasteiger partial charge in [0.15, 0.2) is 5.69 Å². The molecule has 0 spiro atoms. The van der Waals surface area contributed by atoms with Gasteiger partial charge in [-0.15, -0.1) is 0 Å². The number of hydrogen-bond donors (Lipinski definition) is 0. The molecule has 3 aromatic carbocycles. The number of rotatable bonds is 4. The maximum atomic E-state index is 13.6. The molecule has 0 radical (unpaired) electrons. The topological polar surface area (TPSA) is 55.2 Å². The normalized spacial score (nSPS) is 11.0. The maximum absolute atomic E-state index is 13.6. The van der Waals surface area contributed by atoms with E-state index in [4.69, 9.17) is 0 Å². The van der Waals surface area contributed by atoms with Crippen LogP contribution in [0.1, 0.15) is 27.7 Å². The van der Waals surface area contributed by atoms with Gasteiger partial charge in [0.05, 0.1) is 11.4 Å². The molecule has 1 amide bonds. The lowest BCUT2D eigenvalue weighted by atomic mass is 9.97. The molecule has 1 aromatic heterocycles. The van der Waals surface area contributed by atoms with Gasteiger partial charge in [-0.3, -0.25) is 9.59 Å². The fourth-order valence-corrected chi connectivity index (χ4v) is 3.65. The van der Waals surface area contributed by atoms with E-state index >= 15 is 0 Å². The largest absolute Gasteiger partial charge is 0.329 e. The number of carbonyl (C=O) groups excluding carboxylic acids is 1. The molecule has 0 atom stereocenters. The lowest BCUT2D eigenvalue weighted by Crippen LogP contribution is -2.34. The number of aromatic nitrogens is 2. The number of aryl methyl sites for hydroxylation is 1. The monoisotopic (exact) mass is 383 g/mol. The second-order valence-corrected chi connectivity index (χ2v) is 6.96. The third kappa shape index (κ3) is 3.43. The molecule has 29 heavy (non-hydrogen) atoms. The third-order valence-corrected chi connectivity index (χ3v) is 5.10. The van der Waals surface area contributed by atoms with Crippen LogP contribution >= 0.6 is 0 Å². The van der Waals surface area contributed by atoms with Crippen molar-refractivity contribution >= 4 is 16.7 Å². The second kappa shape index (κ2) is 7.72. The summed E-state index contributed by atoms with van der Waals surface area (Å²) in [5.74, 6) is -0.241. The molecule has 0 aliphatic heterocycles. The summed E-state index contributed by atoms with van der Waals surface area (Å²) in [6, 6.07) is 26.6. The highest BCUT2D eigenvalue weighted by Crippen LogP contribution is 2.29. The first-order valence-corrected chi connectivity index (χ1v) is 9.41. The molecule has 4 aromatic rings. The summed E-state index contributed by atoms with van der Waals surface area (Å²) in [5.41, 5.74) is 2.05. The highest BCUT2D eigenvalue weighted by molar-refractivity contribution is 6.04. The average molecular weight is 383 g/mol. The van der Waals surface area contributed by atoms with Gasteiger partial charge < -0.3 is 4.90 Å². The van der Waals surface area contributed by atoms with E-state index in [2.05, 4.69) is 5.10 Å². The van der Waals surface area contributed by atoms with Crippen molar-refractivity contribution in [3.8, 4) is 0 Å². The molecule has 4 rings (SSSR count). The summed E-state index contributed by atoms with van der Waals surface area (Å²) in [4.78, 5) is 27.7. The highest BCUT2D eigenvalue weighted by Gasteiger charge is 2.27. The molecule has 1 heterocycles. The van der Waals surface area contributed by atoms with Crippen LogP contribution in [0.2, 0.25) is 0 Å². The molecule has 5 heteroatoms. The number of amides is 1. The number of carbonyl (C=O) groups is 1. The fourth-order valence-electron chi connectivity index (χ4n) is 3.65. The number of benzene rings is 3. The van der Waals surface area contributed by atoms with Gasteiger partial charge in [0.2, 0.25) is 0 Å². The molecule has 5 nitrogen and oxygen atoms in total. The van der Waals surface area contributed by atoms with Crippen molar-refractivity contribution in [2.75, 3.05) is 7.05 Å². The highest BCUT2D eigenvalue weighted by atomic mass is 16.2. The summed E-state index contributed by atoms with van der Waals surface area (Å²) in [5, 5.41) is 5.35. The van der Waals surface area contributed by atoms with Crippen LogP contribution in [0, 0.1) is 0 Å². The van der Waals surface area contributed by atoms with Crippen molar-refractivity contribution < 1.29 is 4.79 Å². The van der Waals surface area contributed by atoms with Crippen LogP contribution in [0.25, 0.3) is 10.8 Å². The molecule has 0 N–H and O–H groups in total. The predicted molar refractivity (Wildman–Crippen MR) is 114 cm³/mol. The standard InChI is InChI=1S/C24H21N3O2/c1-26(22(17-11-5-3-6-12-17)18-13-7-4-8-14-18)24(29)21-19-15-9-10-16-20(19)23(28)27(2)25-21/h3-16,22H,1-2H3. The Morgan fingerprint density at radius 2 is 1.31 bits per heavy atom. The number of hydrogen-bond acceptors (Lipinski definition) is 3. The lowest BCUT2D eigenvalue weighted by Gasteiger charge is -2.29. The molecule has 0 unspecified atom stereocenters. The zero-order valence-corrected chi connectivity index (χ0v) is 16.3. The van der Waals surface area contributed by atoms with Crippen molar-refractivity contribution in [3.05, 3.63) is 112 Å². The molecule has 144 valence electrons. The first kappa shape index (κ1) is 18.6. The average Bonchev–Trinajstić information content (AvgIpc) is 2.77.